The Morgan fingerprint density at radius 3 is 2.89 bits per heavy atom. The second-order valence-electron chi connectivity index (χ2n) is 4.54. The molecule has 0 aliphatic heterocycles. The molecule has 2 rings (SSSR count). The first-order valence-electron chi connectivity index (χ1n) is 6.69. The molecule has 100 valence electrons. The summed E-state index contributed by atoms with van der Waals surface area (Å²) >= 11 is 1.75. The van der Waals surface area contributed by atoms with Crippen molar-refractivity contribution in [1.29, 1.82) is 0 Å². The monoisotopic (exact) mass is 273 g/mol. The molecule has 1 heterocycles. The Balaban J connectivity index is 1.77. The maximum atomic E-state index is 11.8. The van der Waals surface area contributed by atoms with Crippen molar-refractivity contribution in [2.24, 2.45) is 0 Å². The molecule has 0 aliphatic rings. The van der Waals surface area contributed by atoms with Gasteiger partial charge in [0.05, 0.1) is 0 Å². The van der Waals surface area contributed by atoms with E-state index in [9.17, 15) is 4.79 Å². The summed E-state index contributed by atoms with van der Waals surface area (Å²) in [6.45, 7) is 2.11. The fourth-order valence-corrected chi connectivity index (χ4v) is 2.72. The molecule has 1 N–H and O–H groups in total. The second-order valence-corrected chi connectivity index (χ2v) is 5.57. The number of carbonyl (C=O) groups is 1. The number of amides is 1. The fraction of sp³-hybridized carbons (Fsp3) is 0.312. The van der Waals surface area contributed by atoms with E-state index in [2.05, 4.69) is 35.8 Å². The number of thiophene rings is 1. The van der Waals surface area contributed by atoms with Crippen LogP contribution in [0.5, 0.6) is 0 Å². The van der Waals surface area contributed by atoms with E-state index in [4.69, 9.17) is 0 Å². The summed E-state index contributed by atoms with van der Waals surface area (Å²) in [6.07, 6.45) is 3.45. The largest absolute Gasteiger partial charge is 0.326 e. The molecule has 0 saturated heterocycles. The molecule has 1 aromatic carbocycles. The summed E-state index contributed by atoms with van der Waals surface area (Å²) in [5, 5.41) is 5.04. The molecule has 19 heavy (non-hydrogen) atoms. The maximum Gasteiger partial charge on any atom is 0.224 e. The van der Waals surface area contributed by atoms with Gasteiger partial charge in [-0.25, -0.2) is 0 Å². The standard InChI is InChI=1S/C16H19NOS/c1-2-13-6-3-7-14(12-13)17-16(18)10-4-8-15-9-5-11-19-15/h3,5-7,9,11-12H,2,4,8,10H2,1H3,(H,17,18). The van der Waals surface area contributed by atoms with Gasteiger partial charge in [0.1, 0.15) is 0 Å². The highest BCUT2D eigenvalue weighted by molar-refractivity contribution is 7.09. The third-order valence-electron chi connectivity index (χ3n) is 3.03. The van der Waals surface area contributed by atoms with Crippen molar-refractivity contribution >= 4 is 22.9 Å². The van der Waals surface area contributed by atoms with E-state index in [1.807, 2.05) is 18.2 Å². The number of hydrogen-bond acceptors (Lipinski definition) is 2. The predicted octanol–water partition coefficient (Wildman–Crippen LogP) is 4.27. The Kier molecular flexibility index (Phi) is 5.16. The first-order valence-corrected chi connectivity index (χ1v) is 7.57. The van der Waals surface area contributed by atoms with Gasteiger partial charge in [0, 0.05) is 17.0 Å². The normalized spacial score (nSPS) is 10.4. The molecule has 0 fully saturated rings. The van der Waals surface area contributed by atoms with Gasteiger partial charge in [0.2, 0.25) is 5.91 Å². The van der Waals surface area contributed by atoms with Crippen LogP contribution in [0.4, 0.5) is 5.69 Å². The zero-order valence-electron chi connectivity index (χ0n) is 11.2. The van der Waals surface area contributed by atoms with Crippen molar-refractivity contribution in [3.63, 3.8) is 0 Å². The molecule has 0 saturated carbocycles. The summed E-state index contributed by atoms with van der Waals surface area (Å²) < 4.78 is 0. The first kappa shape index (κ1) is 13.8. The molecule has 1 amide bonds. The minimum Gasteiger partial charge on any atom is -0.326 e. The van der Waals surface area contributed by atoms with Gasteiger partial charge < -0.3 is 5.32 Å². The van der Waals surface area contributed by atoms with Crippen LogP contribution in [0.25, 0.3) is 0 Å². The number of aryl methyl sites for hydroxylation is 2. The summed E-state index contributed by atoms with van der Waals surface area (Å²) in [6, 6.07) is 12.2. The van der Waals surface area contributed by atoms with E-state index < -0.39 is 0 Å². The van der Waals surface area contributed by atoms with E-state index in [0.29, 0.717) is 6.42 Å². The molecule has 3 heteroatoms. The van der Waals surface area contributed by atoms with Crippen LogP contribution < -0.4 is 5.32 Å². The highest BCUT2D eigenvalue weighted by Gasteiger charge is 2.03. The molecule has 0 bridgehead atoms. The predicted molar refractivity (Wildman–Crippen MR) is 81.7 cm³/mol. The highest BCUT2D eigenvalue weighted by Crippen LogP contribution is 2.14. The quantitative estimate of drug-likeness (QED) is 0.836. The molecule has 0 unspecified atom stereocenters. The van der Waals surface area contributed by atoms with Crippen molar-refractivity contribution in [3.05, 3.63) is 52.2 Å². The lowest BCUT2D eigenvalue weighted by atomic mass is 10.1. The van der Waals surface area contributed by atoms with Crippen LogP contribution >= 0.6 is 11.3 Å². The lowest BCUT2D eigenvalue weighted by molar-refractivity contribution is -0.116. The van der Waals surface area contributed by atoms with Crippen LogP contribution in [-0.2, 0) is 17.6 Å². The molecule has 0 aliphatic carbocycles. The number of carbonyl (C=O) groups excluding carboxylic acids is 1. The molecule has 2 nitrogen and oxygen atoms in total. The number of hydrogen-bond donors (Lipinski definition) is 1. The molecular weight excluding hydrogens is 254 g/mol. The van der Waals surface area contributed by atoms with Crippen molar-refractivity contribution in [2.45, 2.75) is 32.6 Å². The van der Waals surface area contributed by atoms with Gasteiger partial charge in [-0.1, -0.05) is 25.1 Å². The molecular formula is C16H19NOS. The number of nitrogens with one attached hydrogen (secondary N) is 1. The van der Waals surface area contributed by atoms with Crippen molar-refractivity contribution in [1.82, 2.24) is 0 Å². The second kappa shape index (κ2) is 7.10. The zero-order chi connectivity index (χ0) is 13.5. The van der Waals surface area contributed by atoms with E-state index in [1.165, 1.54) is 10.4 Å². The first-order chi connectivity index (χ1) is 9.28. The Morgan fingerprint density at radius 1 is 1.26 bits per heavy atom. The summed E-state index contributed by atoms with van der Waals surface area (Å²) in [5.74, 6) is 0.102. The molecule has 1 aromatic heterocycles. The van der Waals surface area contributed by atoms with Gasteiger partial charge in [0.25, 0.3) is 0 Å². The summed E-state index contributed by atoms with van der Waals surface area (Å²) in [7, 11) is 0. The lowest BCUT2D eigenvalue weighted by Gasteiger charge is -2.06. The minimum atomic E-state index is 0.102. The number of rotatable bonds is 6. The highest BCUT2D eigenvalue weighted by atomic mass is 32.1. The van der Waals surface area contributed by atoms with Crippen LogP contribution in [-0.4, -0.2) is 5.91 Å². The molecule has 0 spiro atoms. The van der Waals surface area contributed by atoms with Crippen LogP contribution in [0, 0.1) is 0 Å². The molecule has 0 radical (unpaired) electrons. The fourth-order valence-electron chi connectivity index (χ4n) is 1.97. The average Bonchev–Trinajstić information content (AvgIpc) is 2.92. The smallest absolute Gasteiger partial charge is 0.224 e. The van der Waals surface area contributed by atoms with Gasteiger partial charge in [-0.15, -0.1) is 11.3 Å². The van der Waals surface area contributed by atoms with Crippen LogP contribution in [0.1, 0.15) is 30.2 Å². The van der Waals surface area contributed by atoms with Gasteiger partial charge in [0.15, 0.2) is 0 Å². The third kappa shape index (κ3) is 4.52. The minimum absolute atomic E-state index is 0.102. The van der Waals surface area contributed by atoms with Crippen molar-refractivity contribution in [2.75, 3.05) is 5.32 Å². The SMILES string of the molecule is CCc1cccc(NC(=O)CCCc2cccs2)c1. The van der Waals surface area contributed by atoms with E-state index in [-0.39, 0.29) is 5.91 Å². The van der Waals surface area contributed by atoms with Gasteiger partial charge in [-0.2, -0.15) is 0 Å². The van der Waals surface area contributed by atoms with Crippen molar-refractivity contribution < 1.29 is 4.79 Å². The Bertz CT molecular complexity index is 519. The summed E-state index contributed by atoms with van der Waals surface area (Å²) in [4.78, 5) is 13.2. The van der Waals surface area contributed by atoms with Crippen molar-refractivity contribution in [3.8, 4) is 0 Å². The Labute approximate surface area is 118 Å². The van der Waals surface area contributed by atoms with E-state index in [1.54, 1.807) is 11.3 Å². The summed E-state index contributed by atoms with van der Waals surface area (Å²) in [5.41, 5.74) is 2.15. The van der Waals surface area contributed by atoms with Gasteiger partial charge in [-0.3, -0.25) is 4.79 Å². The van der Waals surface area contributed by atoms with E-state index >= 15 is 0 Å². The van der Waals surface area contributed by atoms with Gasteiger partial charge in [-0.05, 0) is 48.4 Å². The number of anilines is 1. The zero-order valence-corrected chi connectivity index (χ0v) is 12.0. The average molecular weight is 273 g/mol. The topological polar surface area (TPSA) is 29.1 Å². The van der Waals surface area contributed by atoms with Crippen LogP contribution in [0.15, 0.2) is 41.8 Å². The maximum absolute atomic E-state index is 11.8. The van der Waals surface area contributed by atoms with E-state index in [0.717, 1.165) is 24.9 Å². The Morgan fingerprint density at radius 2 is 2.16 bits per heavy atom. The molecule has 2 aromatic rings. The Hall–Kier alpha value is -1.61. The van der Waals surface area contributed by atoms with Crippen LogP contribution in [0.3, 0.4) is 0 Å². The van der Waals surface area contributed by atoms with Gasteiger partial charge >= 0.3 is 0 Å². The lowest BCUT2D eigenvalue weighted by Crippen LogP contribution is -2.11. The number of benzene rings is 1. The third-order valence-corrected chi connectivity index (χ3v) is 3.96. The van der Waals surface area contributed by atoms with Crippen LogP contribution in [0.2, 0.25) is 0 Å². The molecule has 0 atom stereocenters.